The van der Waals surface area contributed by atoms with E-state index in [2.05, 4.69) is 66.7 Å². The zero-order chi connectivity index (χ0) is 20.7. The molecule has 4 aromatic rings. The van der Waals surface area contributed by atoms with Crippen molar-refractivity contribution in [3.63, 3.8) is 0 Å². The highest BCUT2D eigenvalue weighted by Gasteiger charge is 2.26. The van der Waals surface area contributed by atoms with E-state index in [0.717, 1.165) is 61.5 Å². The summed E-state index contributed by atoms with van der Waals surface area (Å²) in [4.78, 5) is 14.6. The van der Waals surface area contributed by atoms with Crippen LogP contribution in [0.5, 0.6) is 5.75 Å². The van der Waals surface area contributed by atoms with Gasteiger partial charge in [0, 0.05) is 69.3 Å². The van der Waals surface area contributed by atoms with Gasteiger partial charge in [-0.05, 0) is 64.6 Å². The summed E-state index contributed by atoms with van der Waals surface area (Å²) in [6, 6.07) is 12.6. The van der Waals surface area contributed by atoms with E-state index in [1.54, 1.807) is 13.3 Å². The Balaban J connectivity index is 1.45. The third-order valence-electron chi connectivity index (χ3n) is 5.57. The lowest BCUT2D eigenvalue weighted by Crippen LogP contribution is -2.48. The molecule has 0 atom stereocenters. The molecular formula is C23H21IN4O2. The molecule has 0 amide bonds. The summed E-state index contributed by atoms with van der Waals surface area (Å²) in [6.07, 6.45) is 5.48. The van der Waals surface area contributed by atoms with Crippen LogP contribution < -0.4 is 9.64 Å². The summed E-state index contributed by atoms with van der Waals surface area (Å²) in [5, 5.41) is 10.3. The van der Waals surface area contributed by atoms with Gasteiger partial charge in [-0.25, -0.2) is 4.98 Å². The topological polar surface area (TPSA) is 74.3 Å². The first kappa shape index (κ1) is 19.3. The first-order valence-corrected chi connectivity index (χ1v) is 10.9. The molecule has 4 heterocycles. The van der Waals surface area contributed by atoms with Crippen molar-refractivity contribution >= 4 is 39.3 Å². The maximum absolute atomic E-state index is 9.19. The molecule has 152 valence electrons. The van der Waals surface area contributed by atoms with Crippen LogP contribution >= 0.6 is 22.6 Å². The predicted molar refractivity (Wildman–Crippen MR) is 127 cm³/mol. The number of ether oxygens (including phenoxy) is 1. The van der Waals surface area contributed by atoms with Gasteiger partial charge >= 0.3 is 0 Å². The van der Waals surface area contributed by atoms with Crippen molar-refractivity contribution in [2.24, 2.45) is 5.92 Å². The highest BCUT2D eigenvalue weighted by Crippen LogP contribution is 2.33. The van der Waals surface area contributed by atoms with E-state index in [9.17, 15) is 5.11 Å². The number of fused-ring (bicyclic) bond motifs is 1. The monoisotopic (exact) mass is 512 g/mol. The number of aliphatic hydroxyl groups is 1. The average molecular weight is 512 g/mol. The Kier molecular flexibility index (Phi) is 5.08. The highest BCUT2D eigenvalue weighted by atomic mass is 127. The van der Waals surface area contributed by atoms with E-state index in [-0.39, 0.29) is 6.61 Å². The molecule has 1 aliphatic heterocycles. The molecule has 0 bridgehead atoms. The lowest BCUT2D eigenvalue weighted by molar-refractivity contribution is 0.200. The molecule has 0 saturated carbocycles. The van der Waals surface area contributed by atoms with Gasteiger partial charge in [0.05, 0.1) is 13.3 Å². The number of H-pyrrole nitrogens is 1. The van der Waals surface area contributed by atoms with Gasteiger partial charge in [-0.15, -0.1) is 0 Å². The molecule has 7 heteroatoms. The second kappa shape index (κ2) is 7.88. The molecular weight excluding hydrogens is 491 g/mol. The number of nitrogens with zero attached hydrogens (tertiary/aromatic N) is 3. The number of aromatic amines is 1. The summed E-state index contributed by atoms with van der Waals surface area (Å²) in [6.45, 7) is 1.99. The zero-order valence-electron chi connectivity index (χ0n) is 16.5. The third kappa shape index (κ3) is 3.52. The Morgan fingerprint density at radius 2 is 2.00 bits per heavy atom. The van der Waals surface area contributed by atoms with Crippen LogP contribution in [0.1, 0.15) is 0 Å². The maximum atomic E-state index is 9.19. The van der Waals surface area contributed by atoms with Crippen LogP contribution in [0.3, 0.4) is 0 Å². The van der Waals surface area contributed by atoms with Gasteiger partial charge in [0.1, 0.15) is 11.6 Å². The normalized spacial score (nSPS) is 14.2. The molecule has 1 saturated heterocycles. The molecule has 0 spiro atoms. The lowest BCUT2D eigenvalue weighted by atomic mass is 10.0. The molecule has 2 N–H and O–H groups in total. The fourth-order valence-corrected chi connectivity index (χ4v) is 4.59. The minimum absolute atomic E-state index is 0.246. The van der Waals surface area contributed by atoms with Crippen LogP contribution in [0.4, 0.5) is 5.82 Å². The Bertz CT molecular complexity index is 1200. The van der Waals surface area contributed by atoms with Crippen LogP contribution in [-0.4, -0.2) is 46.9 Å². The van der Waals surface area contributed by atoms with Gasteiger partial charge in [-0.3, -0.25) is 4.98 Å². The van der Waals surface area contributed by atoms with Crippen LogP contribution in [0.25, 0.3) is 33.3 Å². The molecule has 0 radical (unpaired) electrons. The summed E-state index contributed by atoms with van der Waals surface area (Å²) >= 11 is 2.36. The number of anilines is 1. The van der Waals surface area contributed by atoms with Gasteiger partial charge in [0.2, 0.25) is 0 Å². The molecule has 30 heavy (non-hydrogen) atoms. The predicted octanol–water partition coefficient (Wildman–Crippen LogP) is 4.33. The second-order valence-electron chi connectivity index (χ2n) is 7.57. The number of aromatic nitrogens is 3. The Morgan fingerprint density at radius 3 is 2.73 bits per heavy atom. The third-order valence-corrected chi connectivity index (χ3v) is 6.46. The number of halogens is 1. The van der Waals surface area contributed by atoms with E-state index >= 15 is 0 Å². The standard InChI is InChI=1S/C23H21IN4O2/c1-30-18-4-17(8-25-10-18)19-5-16-6-21(27-22(16)7-20(19)24)15-2-3-23(26-9-15)28-11-14(12-28)13-29/h2-10,14,27,29H,11-13H2,1H3. The number of methoxy groups -OCH3 is 1. The largest absolute Gasteiger partial charge is 0.495 e. The van der Waals surface area contributed by atoms with Crippen LogP contribution in [0, 0.1) is 9.49 Å². The number of nitrogens with one attached hydrogen (secondary N) is 1. The molecule has 1 aromatic carbocycles. The minimum Gasteiger partial charge on any atom is -0.495 e. The molecule has 1 aliphatic rings. The van der Waals surface area contributed by atoms with Gasteiger partial charge in [0.25, 0.3) is 0 Å². The SMILES string of the molecule is COc1cncc(-c2cc3cc(-c4ccc(N5CC(CO)C5)nc4)[nH]c3cc2I)c1. The van der Waals surface area contributed by atoms with Crippen molar-refractivity contribution in [3.05, 3.63) is 58.6 Å². The lowest BCUT2D eigenvalue weighted by Gasteiger charge is -2.39. The number of rotatable bonds is 5. The summed E-state index contributed by atoms with van der Waals surface area (Å²) < 4.78 is 6.47. The molecule has 1 fully saturated rings. The first-order chi connectivity index (χ1) is 14.6. The quantitative estimate of drug-likeness (QED) is 0.390. The fourth-order valence-electron chi connectivity index (χ4n) is 3.81. The first-order valence-electron chi connectivity index (χ1n) is 9.78. The molecule has 0 unspecified atom stereocenters. The molecule has 6 nitrogen and oxygen atoms in total. The molecule has 0 aliphatic carbocycles. The average Bonchev–Trinajstić information content (AvgIpc) is 3.15. The summed E-state index contributed by atoms with van der Waals surface area (Å²) in [5.41, 5.74) is 5.34. The van der Waals surface area contributed by atoms with E-state index in [4.69, 9.17) is 4.74 Å². The van der Waals surface area contributed by atoms with Crippen molar-refractivity contribution in [1.29, 1.82) is 0 Å². The van der Waals surface area contributed by atoms with Crippen molar-refractivity contribution in [2.45, 2.75) is 0 Å². The number of benzene rings is 1. The fraction of sp³-hybridized carbons (Fsp3) is 0.217. The van der Waals surface area contributed by atoms with Crippen molar-refractivity contribution in [1.82, 2.24) is 15.0 Å². The highest BCUT2D eigenvalue weighted by molar-refractivity contribution is 14.1. The Morgan fingerprint density at radius 1 is 1.13 bits per heavy atom. The van der Waals surface area contributed by atoms with Crippen LogP contribution in [0.2, 0.25) is 0 Å². The zero-order valence-corrected chi connectivity index (χ0v) is 18.6. The summed E-state index contributed by atoms with van der Waals surface area (Å²) in [7, 11) is 1.65. The minimum atomic E-state index is 0.246. The molecule has 5 rings (SSSR count). The van der Waals surface area contributed by atoms with Crippen LogP contribution in [0.15, 0.2) is 55.0 Å². The Labute approximate surface area is 188 Å². The van der Waals surface area contributed by atoms with Crippen molar-refractivity contribution in [3.8, 4) is 28.1 Å². The number of pyridine rings is 2. The van der Waals surface area contributed by atoms with E-state index in [0.29, 0.717) is 5.92 Å². The molecule has 3 aromatic heterocycles. The van der Waals surface area contributed by atoms with Gasteiger partial charge in [-0.1, -0.05) is 0 Å². The number of aliphatic hydroxyl groups excluding tert-OH is 1. The number of hydrogen-bond acceptors (Lipinski definition) is 5. The second-order valence-corrected chi connectivity index (χ2v) is 8.74. The van der Waals surface area contributed by atoms with Gasteiger partial charge < -0.3 is 19.7 Å². The summed E-state index contributed by atoms with van der Waals surface area (Å²) in [5.74, 6) is 2.08. The van der Waals surface area contributed by atoms with Crippen LogP contribution in [-0.2, 0) is 0 Å². The maximum Gasteiger partial charge on any atom is 0.137 e. The van der Waals surface area contributed by atoms with Gasteiger partial charge in [-0.2, -0.15) is 0 Å². The van der Waals surface area contributed by atoms with E-state index in [1.165, 1.54) is 0 Å². The van der Waals surface area contributed by atoms with E-state index in [1.807, 2.05) is 24.5 Å². The van der Waals surface area contributed by atoms with Crippen molar-refractivity contribution < 1.29 is 9.84 Å². The van der Waals surface area contributed by atoms with E-state index < -0.39 is 0 Å². The van der Waals surface area contributed by atoms with Crippen molar-refractivity contribution in [2.75, 3.05) is 31.7 Å². The Hall–Kier alpha value is -2.65. The smallest absolute Gasteiger partial charge is 0.137 e. The number of hydrogen-bond donors (Lipinski definition) is 2. The van der Waals surface area contributed by atoms with Gasteiger partial charge in [0.15, 0.2) is 0 Å².